The van der Waals surface area contributed by atoms with E-state index >= 15 is 0 Å². The van der Waals surface area contributed by atoms with Crippen molar-refractivity contribution in [3.05, 3.63) is 24.4 Å². The van der Waals surface area contributed by atoms with Gasteiger partial charge in [-0.25, -0.2) is 0 Å². The smallest absolute Gasteiger partial charge is 0.0469 e. The average molecular weight is 221 g/mol. The molecular weight excluding hydrogens is 194 g/mol. The van der Waals surface area contributed by atoms with Gasteiger partial charge in [-0.15, -0.1) is 0 Å². The van der Waals surface area contributed by atoms with Gasteiger partial charge < -0.3 is 4.90 Å². The zero-order valence-electron chi connectivity index (χ0n) is 11.2. The van der Waals surface area contributed by atoms with E-state index in [0.717, 1.165) is 5.92 Å². The number of nitrogens with zero attached hydrogens (tertiary/aromatic N) is 1. The molecule has 2 unspecified atom stereocenters. The lowest BCUT2D eigenvalue weighted by molar-refractivity contribution is 0.270. The topological polar surface area (TPSA) is 3.24 Å². The van der Waals surface area contributed by atoms with Crippen molar-refractivity contribution in [1.82, 2.24) is 4.90 Å². The molecule has 0 saturated carbocycles. The standard InChI is InChI=1S/C15H27N/c1-5-8-15-10-7-6-9-14(4)11-12-16(15)13(2)3/h5,8,14-15H,2,6-7,9-12H2,1,3-4H3. The third kappa shape index (κ3) is 4.03. The second-order valence-corrected chi connectivity index (χ2v) is 5.20. The van der Waals surface area contributed by atoms with Crippen LogP contribution >= 0.6 is 0 Å². The first kappa shape index (κ1) is 13.3. The molecule has 0 spiro atoms. The molecule has 1 fully saturated rings. The summed E-state index contributed by atoms with van der Waals surface area (Å²) in [5.41, 5.74) is 1.22. The summed E-state index contributed by atoms with van der Waals surface area (Å²) in [6, 6.07) is 0.577. The van der Waals surface area contributed by atoms with Gasteiger partial charge in [-0.3, -0.25) is 0 Å². The minimum Gasteiger partial charge on any atom is -0.369 e. The summed E-state index contributed by atoms with van der Waals surface area (Å²) < 4.78 is 0. The van der Waals surface area contributed by atoms with Crippen LogP contribution in [0.25, 0.3) is 0 Å². The Labute approximate surface area is 101 Å². The molecular formula is C15H27N. The Morgan fingerprint density at radius 3 is 2.56 bits per heavy atom. The van der Waals surface area contributed by atoms with Crippen molar-refractivity contribution in [3.8, 4) is 0 Å². The van der Waals surface area contributed by atoms with Gasteiger partial charge in [0.25, 0.3) is 0 Å². The van der Waals surface area contributed by atoms with Crippen LogP contribution in [-0.4, -0.2) is 17.5 Å². The third-order valence-corrected chi connectivity index (χ3v) is 3.61. The first-order valence-corrected chi connectivity index (χ1v) is 6.70. The van der Waals surface area contributed by atoms with Gasteiger partial charge in [0.1, 0.15) is 0 Å². The van der Waals surface area contributed by atoms with E-state index in [1.807, 2.05) is 0 Å². The van der Waals surface area contributed by atoms with E-state index in [9.17, 15) is 0 Å². The highest BCUT2D eigenvalue weighted by atomic mass is 15.2. The summed E-state index contributed by atoms with van der Waals surface area (Å²) >= 11 is 0. The molecule has 0 aromatic carbocycles. The molecule has 0 N–H and O–H groups in total. The van der Waals surface area contributed by atoms with Crippen LogP contribution in [0, 0.1) is 5.92 Å². The molecule has 1 nitrogen and oxygen atoms in total. The van der Waals surface area contributed by atoms with Gasteiger partial charge in [0.15, 0.2) is 0 Å². The molecule has 1 rings (SSSR count). The van der Waals surface area contributed by atoms with Crippen molar-refractivity contribution in [3.63, 3.8) is 0 Å². The van der Waals surface area contributed by atoms with Crippen LogP contribution in [0.2, 0.25) is 0 Å². The Hall–Kier alpha value is -0.720. The summed E-state index contributed by atoms with van der Waals surface area (Å²) in [7, 11) is 0. The molecule has 0 aromatic rings. The van der Waals surface area contributed by atoms with Crippen LogP contribution in [-0.2, 0) is 0 Å². The van der Waals surface area contributed by atoms with Crippen LogP contribution in [0.15, 0.2) is 24.4 Å². The lowest BCUT2D eigenvalue weighted by atomic mass is 10.0. The Morgan fingerprint density at radius 1 is 1.25 bits per heavy atom. The Balaban J connectivity index is 2.72. The lowest BCUT2D eigenvalue weighted by Crippen LogP contribution is -2.33. The first-order valence-electron chi connectivity index (χ1n) is 6.70. The maximum absolute atomic E-state index is 4.13. The summed E-state index contributed by atoms with van der Waals surface area (Å²) in [5.74, 6) is 0.867. The number of hydrogen-bond donors (Lipinski definition) is 0. The molecule has 0 amide bonds. The second kappa shape index (κ2) is 6.78. The highest BCUT2D eigenvalue weighted by Gasteiger charge is 2.18. The third-order valence-electron chi connectivity index (χ3n) is 3.61. The maximum Gasteiger partial charge on any atom is 0.0469 e. The van der Waals surface area contributed by atoms with Gasteiger partial charge in [0.05, 0.1) is 0 Å². The van der Waals surface area contributed by atoms with E-state index in [2.05, 4.69) is 44.4 Å². The summed E-state index contributed by atoms with van der Waals surface area (Å²) in [5, 5.41) is 0. The maximum atomic E-state index is 4.13. The van der Waals surface area contributed by atoms with Crippen molar-refractivity contribution in [2.75, 3.05) is 6.54 Å². The first-order chi connectivity index (χ1) is 7.65. The van der Waals surface area contributed by atoms with Crippen LogP contribution in [0.4, 0.5) is 0 Å². The molecule has 2 atom stereocenters. The largest absolute Gasteiger partial charge is 0.369 e. The molecule has 1 heterocycles. The quantitative estimate of drug-likeness (QED) is 0.626. The normalized spacial score (nSPS) is 28.6. The van der Waals surface area contributed by atoms with Crippen LogP contribution < -0.4 is 0 Å². The van der Waals surface area contributed by atoms with Crippen molar-refractivity contribution < 1.29 is 0 Å². The van der Waals surface area contributed by atoms with Crippen LogP contribution in [0.5, 0.6) is 0 Å². The number of allylic oxidation sites excluding steroid dienone is 2. The Bertz CT molecular complexity index is 242. The van der Waals surface area contributed by atoms with E-state index in [1.165, 1.54) is 44.3 Å². The van der Waals surface area contributed by atoms with Crippen LogP contribution in [0.1, 0.15) is 52.9 Å². The fourth-order valence-electron chi connectivity index (χ4n) is 2.57. The van der Waals surface area contributed by atoms with Gasteiger partial charge in [0, 0.05) is 18.3 Å². The predicted molar refractivity (Wildman–Crippen MR) is 72.4 cm³/mol. The van der Waals surface area contributed by atoms with E-state index in [-0.39, 0.29) is 0 Å². The molecule has 1 aliphatic rings. The van der Waals surface area contributed by atoms with Gasteiger partial charge in [0.2, 0.25) is 0 Å². The van der Waals surface area contributed by atoms with Crippen molar-refractivity contribution in [1.29, 1.82) is 0 Å². The lowest BCUT2D eigenvalue weighted by Gasteiger charge is -2.32. The van der Waals surface area contributed by atoms with Crippen molar-refractivity contribution in [2.45, 2.75) is 58.9 Å². The highest BCUT2D eigenvalue weighted by molar-refractivity contribution is 5.01. The molecule has 16 heavy (non-hydrogen) atoms. The van der Waals surface area contributed by atoms with E-state index in [0.29, 0.717) is 6.04 Å². The molecule has 0 radical (unpaired) electrons. The minimum atomic E-state index is 0.577. The molecule has 0 aliphatic carbocycles. The Morgan fingerprint density at radius 2 is 1.94 bits per heavy atom. The summed E-state index contributed by atoms with van der Waals surface area (Å²) in [6.07, 6.45) is 11.2. The fourth-order valence-corrected chi connectivity index (χ4v) is 2.57. The van der Waals surface area contributed by atoms with E-state index in [4.69, 9.17) is 0 Å². The zero-order valence-corrected chi connectivity index (χ0v) is 11.2. The summed E-state index contributed by atoms with van der Waals surface area (Å²) in [4.78, 5) is 2.49. The molecule has 1 aliphatic heterocycles. The van der Waals surface area contributed by atoms with Crippen LogP contribution in [0.3, 0.4) is 0 Å². The summed E-state index contributed by atoms with van der Waals surface area (Å²) in [6.45, 7) is 11.9. The molecule has 92 valence electrons. The average Bonchev–Trinajstić information content (AvgIpc) is 2.31. The second-order valence-electron chi connectivity index (χ2n) is 5.20. The molecule has 1 heteroatoms. The van der Waals surface area contributed by atoms with E-state index < -0.39 is 0 Å². The Kier molecular flexibility index (Phi) is 5.65. The monoisotopic (exact) mass is 221 g/mol. The van der Waals surface area contributed by atoms with Crippen molar-refractivity contribution >= 4 is 0 Å². The van der Waals surface area contributed by atoms with Gasteiger partial charge >= 0.3 is 0 Å². The minimum absolute atomic E-state index is 0.577. The molecule has 1 saturated heterocycles. The molecule has 0 bridgehead atoms. The SMILES string of the molecule is C=C(C)N1CCC(C)CCCCC1C=CC. The highest BCUT2D eigenvalue weighted by Crippen LogP contribution is 2.23. The fraction of sp³-hybridized carbons (Fsp3) is 0.733. The van der Waals surface area contributed by atoms with Gasteiger partial charge in [-0.1, -0.05) is 44.9 Å². The predicted octanol–water partition coefficient (Wildman–Crippen LogP) is 4.37. The number of rotatable bonds is 2. The van der Waals surface area contributed by atoms with Gasteiger partial charge in [-0.05, 0) is 32.6 Å². The van der Waals surface area contributed by atoms with E-state index in [1.54, 1.807) is 0 Å². The molecule has 0 aromatic heterocycles. The number of hydrogen-bond acceptors (Lipinski definition) is 1. The van der Waals surface area contributed by atoms with Crippen molar-refractivity contribution in [2.24, 2.45) is 5.92 Å². The zero-order chi connectivity index (χ0) is 12.0. The van der Waals surface area contributed by atoms with Gasteiger partial charge in [-0.2, -0.15) is 0 Å².